The average Bonchev–Trinajstić information content (AvgIpc) is 2.54. The van der Waals surface area contributed by atoms with Crippen LogP contribution in [0.25, 0.3) is 0 Å². The minimum absolute atomic E-state index is 0.0997. The van der Waals surface area contributed by atoms with E-state index in [1.54, 1.807) is 0 Å². The van der Waals surface area contributed by atoms with Crippen molar-refractivity contribution in [2.24, 2.45) is 4.99 Å². The highest BCUT2D eigenvalue weighted by atomic mass is 19.4. The minimum atomic E-state index is -4.31. The zero-order chi connectivity index (χ0) is 12.9. The second-order valence-electron chi connectivity index (χ2n) is 3.79. The van der Waals surface area contributed by atoms with Crippen LogP contribution >= 0.6 is 0 Å². The first kappa shape index (κ1) is 14.0. The Morgan fingerprint density at radius 2 is 2.18 bits per heavy atom. The van der Waals surface area contributed by atoms with Crippen LogP contribution in [-0.2, 0) is 9.53 Å². The van der Waals surface area contributed by atoms with Crippen LogP contribution in [0.15, 0.2) is 4.99 Å². The molecule has 0 aromatic heterocycles. The molecule has 1 N–H and O–H groups in total. The number of nitrogens with one attached hydrogen (secondary N) is 1. The van der Waals surface area contributed by atoms with Gasteiger partial charge in [-0.3, -0.25) is 9.79 Å². The average molecular weight is 252 g/mol. The summed E-state index contributed by atoms with van der Waals surface area (Å²) in [5.41, 5.74) is 0. The molecule has 1 unspecified atom stereocenters. The van der Waals surface area contributed by atoms with E-state index in [4.69, 9.17) is 0 Å². The lowest BCUT2D eigenvalue weighted by molar-refractivity contribution is -0.173. The molecule has 1 atom stereocenters. The van der Waals surface area contributed by atoms with Crippen molar-refractivity contribution in [1.29, 1.82) is 0 Å². The molecule has 7 heteroatoms. The maximum absolute atomic E-state index is 11.8. The van der Waals surface area contributed by atoms with Crippen molar-refractivity contribution in [2.45, 2.75) is 38.4 Å². The first-order chi connectivity index (χ1) is 7.92. The zero-order valence-corrected chi connectivity index (χ0v) is 9.51. The first-order valence-electron chi connectivity index (χ1n) is 5.44. The lowest BCUT2D eigenvalue weighted by Crippen LogP contribution is -2.29. The van der Waals surface area contributed by atoms with Crippen molar-refractivity contribution in [2.75, 3.05) is 13.2 Å². The Hall–Kier alpha value is -1.11. The Morgan fingerprint density at radius 3 is 2.76 bits per heavy atom. The number of hydrogen-bond donors (Lipinski definition) is 1. The smallest absolute Gasteiger partial charge is 0.372 e. The predicted molar refractivity (Wildman–Crippen MR) is 55.8 cm³/mol. The monoisotopic (exact) mass is 252 g/mol. The molecule has 0 bridgehead atoms. The summed E-state index contributed by atoms with van der Waals surface area (Å²) in [5.74, 6) is 0.230. The zero-order valence-electron chi connectivity index (χ0n) is 9.51. The number of hydrogen-bond acceptors (Lipinski definition) is 3. The normalized spacial score (nSPS) is 20.4. The number of amidine groups is 1. The van der Waals surface area contributed by atoms with E-state index < -0.39 is 18.8 Å². The van der Waals surface area contributed by atoms with E-state index in [2.05, 4.69) is 15.0 Å². The van der Waals surface area contributed by atoms with Crippen LogP contribution in [-0.4, -0.2) is 37.2 Å². The third-order valence-electron chi connectivity index (χ3n) is 2.19. The Labute approximate surface area is 97.2 Å². The van der Waals surface area contributed by atoms with Gasteiger partial charge in [0.25, 0.3) is 0 Å². The number of amides is 1. The van der Waals surface area contributed by atoms with Crippen LogP contribution in [0.1, 0.15) is 26.2 Å². The summed E-state index contributed by atoms with van der Waals surface area (Å²) in [7, 11) is 0. The van der Waals surface area contributed by atoms with E-state index in [0.29, 0.717) is 12.3 Å². The summed E-state index contributed by atoms with van der Waals surface area (Å²) in [6.45, 7) is 0.567. The quantitative estimate of drug-likeness (QED) is 0.731. The summed E-state index contributed by atoms with van der Waals surface area (Å²) in [5, 5.41) is 2.54. The molecular weight excluding hydrogens is 237 g/mol. The molecule has 0 aromatic rings. The van der Waals surface area contributed by atoms with Gasteiger partial charge < -0.3 is 10.1 Å². The van der Waals surface area contributed by atoms with E-state index in [1.807, 2.05) is 6.92 Å². The van der Waals surface area contributed by atoms with Crippen LogP contribution in [0.5, 0.6) is 0 Å². The molecule has 0 fully saturated rings. The summed E-state index contributed by atoms with van der Waals surface area (Å²) < 4.78 is 39.7. The van der Waals surface area contributed by atoms with Gasteiger partial charge in [-0.1, -0.05) is 13.3 Å². The number of nitrogens with zero attached hydrogens (tertiary/aromatic N) is 1. The molecule has 0 aliphatic carbocycles. The van der Waals surface area contributed by atoms with Gasteiger partial charge in [-0.2, -0.15) is 13.2 Å². The third kappa shape index (κ3) is 5.16. The van der Waals surface area contributed by atoms with E-state index >= 15 is 0 Å². The highest BCUT2D eigenvalue weighted by Gasteiger charge is 2.28. The minimum Gasteiger partial charge on any atom is -0.372 e. The fraction of sp³-hybridized carbons (Fsp3) is 0.800. The molecule has 0 radical (unpaired) electrons. The number of ether oxygens (including phenoxy) is 1. The molecule has 0 aromatic carbocycles. The summed E-state index contributed by atoms with van der Waals surface area (Å²) in [6.07, 6.45) is -2.63. The molecule has 0 spiro atoms. The van der Waals surface area contributed by atoms with Gasteiger partial charge in [0.15, 0.2) is 0 Å². The van der Waals surface area contributed by atoms with E-state index in [0.717, 1.165) is 6.42 Å². The Balaban J connectivity index is 2.24. The van der Waals surface area contributed by atoms with Crippen molar-refractivity contribution < 1.29 is 22.7 Å². The standard InChI is InChI=1S/C10H15F3N2O2/c1-2-3-7-9(16)15-8(14-7)4-5-17-6-10(11,12)13/h7H,2-6H2,1H3,(H,14,15,16). The van der Waals surface area contributed by atoms with Crippen molar-refractivity contribution >= 4 is 11.7 Å². The molecule has 1 aliphatic rings. The third-order valence-corrected chi connectivity index (χ3v) is 2.19. The summed E-state index contributed by atoms with van der Waals surface area (Å²) in [6, 6.07) is -0.391. The Kier molecular flexibility index (Phi) is 4.92. The van der Waals surface area contributed by atoms with Gasteiger partial charge in [0, 0.05) is 6.42 Å². The van der Waals surface area contributed by atoms with Crippen molar-refractivity contribution in [3.05, 3.63) is 0 Å². The van der Waals surface area contributed by atoms with Gasteiger partial charge in [-0.05, 0) is 6.42 Å². The second kappa shape index (κ2) is 6.00. The van der Waals surface area contributed by atoms with Crippen LogP contribution in [0, 0.1) is 0 Å². The van der Waals surface area contributed by atoms with Crippen LogP contribution in [0.3, 0.4) is 0 Å². The number of alkyl halides is 3. The van der Waals surface area contributed by atoms with Gasteiger partial charge in [0.05, 0.1) is 6.61 Å². The fourth-order valence-corrected chi connectivity index (χ4v) is 1.46. The Bertz CT molecular complexity index is 302. The number of rotatable bonds is 6. The maximum Gasteiger partial charge on any atom is 0.411 e. The van der Waals surface area contributed by atoms with Gasteiger partial charge >= 0.3 is 6.18 Å². The van der Waals surface area contributed by atoms with Gasteiger partial charge in [-0.15, -0.1) is 0 Å². The Morgan fingerprint density at radius 1 is 1.47 bits per heavy atom. The fourth-order valence-electron chi connectivity index (χ4n) is 1.46. The molecule has 0 saturated heterocycles. The van der Waals surface area contributed by atoms with Crippen molar-refractivity contribution in [3.63, 3.8) is 0 Å². The van der Waals surface area contributed by atoms with Crippen LogP contribution in [0.2, 0.25) is 0 Å². The highest BCUT2D eigenvalue weighted by Crippen LogP contribution is 2.14. The molecule has 98 valence electrons. The molecule has 1 heterocycles. The molecular formula is C10H15F3N2O2. The number of aliphatic imine (C=N–C) groups is 1. The molecule has 0 saturated carbocycles. The number of halogens is 3. The van der Waals surface area contributed by atoms with Crippen molar-refractivity contribution in [1.82, 2.24) is 5.32 Å². The molecule has 1 aliphatic heterocycles. The lowest BCUT2D eigenvalue weighted by Gasteiger charge is -2.07. The molecule has 4 nitrogen and oxygen atoms in total. The molecule has 17 heavy (non-hydrogen) atoms. The number of carbonyl (C=O) groups is 1. The summed E-state index contributed by atoms with van der Waals surface area (Å²) >= 11 is 0. The predicted octanol–water partition coefficient (Wildman–Crippen LogP) is 1.65. The van der Waals surface area contributed by atoms with E-state index in [9.17, 15) is 18.0 Å². The van der Waals surface area contributed by atoms with E-state index in [1.165, 1.54) is 0 Å². The summed E-state index contributed by atoms with van der Waals surface area (Å²) in [4.78, 5) is 15.4. The first-order valence-corrected chi connectivity index (χ1v) is 5.44. The maximum atomic E-state index is 11.8. The lowest BCUT2D eigenvalue weighted by atomic mass is 10.2. The topological polar surface area (TPSA) is 50.7 Å². The van der Waals surface area contributed by atoms with Gasteiger partial charge in [-0.25, -0.2) is 0 Å². The highest BCUT2D eigenvalue weighted by molar-refractivity contribution is 6.05. The molecule has 1 amide bonds. The SMILES string of the molecule is CCCC1N=C(CCOCC(F)(F)F)NC1=O. The van der Waals surface area contributed by atoms with Crippen molar-refractivity contribution in [3.8, 4) is 0 Å². The number of carbonyl (C=O) groups excluding carboxylic acids is 1. The second-order valence-corrected chi connectivity index (χ2v) is 3.79. The molecule has 1 rings (SSSR count). The van der Waals surface area contributed by atoms with Crippen LogP contribution in [0.4, 0.5) is 13.2 Å². The van der Waals surface area contributed by atoms with Gasteiger partial charge in [0.1, 0.15) is 18.5 Å². The van der Waals surface area contributed by atoms with E-state index in [-0.39, 0.29) is 18.9 Å². The van der Waals surface area contributed by atoms with Crippen LogP contribution < -0.4 is 5.32 Å². The largest absolute Gasteiger partial charge is 0.411 e. The van der Waals surface area contributed by atoms with Gasteiger partial charge in [0.2, 0.25) is 5.91 Å².